The normalized spacial score (nSPS) is 11.3. The van der Waals surface area contributed by atoms with Gasteiger partial charge in [0, 0.05) is 24.2 Å². The summed E-state index contributed by atoms with van der Waals surface area (Å²) in [7, 11) is 3.01. The molecule has 4 aromatic rings. The number of hydrogen-bond acceptors (Lipinski definition) is 9. The van der Waals surface area contributed by atoms with Crippen molar-refractivity contribution in [2.75, 3.05) is 14.2 Å². The minimum Gasteiger partial charge on any atom is -0.481 e. The van der Waals surface area contributed by atoms with E-state index in [0.29, 0.717) is 27.9 Å². The molecule has 0 saturated heterocycles. The summed E-state index contributed by atoms with van der Waals surface area (Å²) in [4.78, 5) is 20.3. The summed E-state index contributed by atoms with van der Waals surface area (Å²) in [6, 6.07) is 15.5. The zero-order chi connectivity index (χ0) is 33.6. The van der Waals surface area contributed by atoms with E-state index in [9.17, 15) is 9.90 Å². The molecule has 0 radical (unpaired) electrons. The molecule has 0 bridgehead atoms. The fourth-order valence-electron chi connectivity index (χ4n) is 4.76. The number of carboxylic acid groups (broad SMARTS) is 1. The highest BCUT2D eigenvalue weighted by Crippen LogP contribution is 2.34. The fraction of sp³-hybridized carbons (Fsp3) is 0.324. The van der Waals surface area contributed by atoms with Crippen molar-refractivity contribution in [3.63, 3.8) is 0 Å². The Morgan fingerprint density at radius 1 is 0.804 bits per heavy atom. The molecule has 2 heterocycles. The lowest BCUT2D eigenvalue weighted by atomic mass is 9.92. The van der Waals surface area contributed by atoms with Crippen LogP contribution in [0.15, 0.2) is 48.5 Å². The molecule has 10 nitrogen and oxygen atoms in total. The van der Waals surface area contributed by atoms with Gasteiger partial charge in [-0.2, -0.15) is 9.97 Å². The highest BCUT2D eigenvalue weighted by molar-refractivity contribution is 6.32. The van der Waals surface area contributed by atoms with Crippen LogP contribution in [0, 0.1) is 13.8 Å². The molecule has 2 aromatic carbocycles. The number of halogens is 2. The first-order valence-electron chi connectivity index (χ1n) is 14.5. The molecule has 0 spiro atoms. The van der Waals surface area contributed by atoms with Crippen LogP contribution < -0.4 is 30.0 Å². The van der Waals surface area contributed by atoms with Gasteiger partial charge in [-0.15, -0.1) is 0 Å². The van der Waals surface area contributed by atoms with E-state index in [2.05, 4.69) is 27.4 Å². The second kappa shape index (κ2) is 15.0. The summed E-state index contributed by atoms with van der Waals surface area (Å²) in [6.45, 7) is 8.15. The molecule has 2 aromatic heterocycles. The van der Waals surface area contributed by atoms with Gasteiger partial charge in [0.05, 0.1) is 14.2 Å². The lowest BCUT2D eigenvalue weighted by molar-refractivity contribution is -0.143. The van der Waals surface area contributed by atoms with E-state index in [1.165, 1.54) is 14.2 Å². The third kappa shape index (κ3) is 7.82. The first-order valence-corrected chi connectivity index (χ1v) is 15.2. The molecule has 244 valence electrons. The van der Waals surface area contributed by atoms with Crippen molar-refractivity contribution in [3.8, 4) is 34.6 Å². The number of ether oxygens (including phenoxy) is 4. The van der Waals surface area contributed by atoms with Gasteiger partial charge in [-0.3, -0.25) is 10.1 Å². The summed E-state index contributed by atoms with van der Waals surface area (Å²) < 4.78 is 22.9. The van der Waals surface area contributed by atoms with Crippen molar-refractivity contribution in [3.05, 3.63) is 92.0 Å². The van der Waals surface area contributed by atoms with Gasteiger partial charge < -0.3 is 29.8 Å². The van der Waals surface area contributed by atoms with Crippen LogP contribution >= 0.6 is 23.2 Å². The van der Waals surface area contributed by atoms with Gasteiger partial charge in [0.15, 0.2) is 0 Å². The van der Waals surface area contributed by atoms with Crippen molar-refractivity contribution in [2.24, 2.45) is 5.73 Å². The highest BCUT2D eigenvalue weighted by atomic mass is 35.5. The lowest BCUT2D eigenvalue weighted by Crippen LogP contribution is -2.46. The van der Waals surface area contributed by atoms with Gasteiger partial charge in [-0.05, 0) is 73.2 Å². The average molecular weight is 670 g/mol. The van der Waals surface area contributed by atoms with Crippen molar-refractivity contribution >= 4 is 29.2 Å². The number of carboxylic acids is 1. The molecule has 0 aliphatic heterocycles. The van der Waals surface area contributed by atoms with E-state index in [4.69, 9.17) is 47.9 Å². The maximum Gasteiger partial charge on any atom is 0.323 e. The number of aromatic nitrogens is 2. The monoisotopic (exact) mass is 668 g/mol. The second-order valence-electron chi connectivity index (χ2n) is 11.1. The topological polar surface area (TPSA) is 138 Å². The largest absolute Gasteiger partial charge is 0.481 e. The Balaban J connectivity index is 1.52. The van der Waals surface area contributed by atoms with Crippen LogP contribution in [0.5, 0.6) is 23.5 Å². The zero-order valence-corrected chi connectivity index (χ0v) is 28.2. The third-order valence-corrected chi connectivity index (χ3v) is 8.28. The maximum atomic E-state index is 11.5. The Bertz CT molecular complexity index is 1730. The number of pyridine rings is 2. The van der Waals surface area contributed by atoms with Gasteiger partial charge in [0.25, 0.3) is 0 Å². The maximum absolute atomic E-state index is 11.5. The summed E-state index contributed by atoms with van der Waals surface area (Å²) in [5, 5.41) is 13.0. The van der Waals surface area contributed by atoms with Crippen LogP contribution in [-0.4, -0.2) is 40.8 Å². The number of nitrogens with zero attached hydrogens (tertiary/aromatic N) is 2. The van der Waals surface area contributed by atoms with E-state index < -0.39 is 11.5 Å². The number of methoxy groups -OCH3 is 2. The number of nitrogens with one attached hydrogen (secondary N) is 1. The SMILES string of the molecule is COc1nc(OCc2cccc(-c3cccc(COc4nc(OC)c(CNC(C)(C)C(=O)O)cc4Cl)c3C)c2C)c(Cl)cc1CN. The number of rotatable bonds is 14. The first-order chi connectivity index (χ1) is 21.9. The molecule has 46 heavy (non-hydrogen) atoms. The van der Waals surface area contributed by atoms with Crippen molar-refractivity contribution in [1.82, 2.24) is 15.3 Å². The number of hydrogen-bond donors (Lipinski definition) is 3. The van der Waals surface area contributed by atoms with Gasteiger partial charge in [-0.1, -0.05) is 59.6 Å². The average Bonchev–Trinajstić information content (AvgIpc) is 3.03. The predicted octanol–water partition coefficient (Wildman–Crippen LogP) is 6.65. The lowest BCUT2D eigenvalue weighted by Gasteiger charge is -2.22. The molecular weight excluding hydrogens is 631 g/mol. The van der Waals surface area contributed by atoms with Crippen LogP contribution in [0.25, 0.3) is 11.1 Å². The summed E-state index contributed by atoms with van der Waals surface area (Å²) in [5.74, 6) is 0.176. The molecule has 4 N–H and O–H groups in total. The second-order valence-corrected chi connectivity index (χ2v) is 11.9. The quantitative estimate of drug-likeness (QED) is 0.134. The van der Waals surface area contributed by atoms with E-state index in [1.54, 1.807) is 26.0 Å². The smallest absolute Gasteiger partial charge is 0.323 e. The van der Waals surface area contributed by atoms with Gasteiger partial charge in [0.1, 0.15) is 28.8 Å². The Morgan fingerprint density at radius 3 is 1.70 bits per heavy atom. The molecule has 0 aliphatic carbocycles. The zero-order valence-electron chi connectivity index (χ0n) is 26.7. The van der Waals surface area contributed by atoms with Gasteiger partial charge in [0.2, 0.25) is 23.5 Å². The van der Waals surface area contributed by atoms with E-state index in [0.717, 1.165) is 33.4 Å². The molecule has 12 heteroatoms. The highest BCUT2D eigenvalue weighted by Gasteiger charge is 2.27. The number of aliphatic carboxylic acids is 1. The van der Waals surface area contributed by atoms with E-state index in [-0.39, 0.29) is 43.1 Å². The Morgan fingerprint density at radius 2 is 1.26 bits per heavy atom. The van der Waals surface area contributed by atoms with Crippen molar-refractivity contribution in [1.29, 1.82) is 0 Å². The van der Waals surface area contributed by atoms with Crippen LogP contribution in [0.1, 0.15) is 47.2 Å². The Labute approximate surface area is 278 Å². The molecule has 0 atom stereocenters. The number of benzene rings is 2. The number of carbonyl (C=O) groups is 1. The van der Waals surface area contributed by atoms with E-state index >= 15 is 0 Å². The Kier molecular flexibility index (Phi) is 11.3. The standard InChI is InChI=1S/C34H38Cl2N4O6/c1-19-21(17-45-31-27(35)13-23(15-37)29(39-31)43-5)9-7-11-25(19)26-12-8-10-22(20(26)2)18-46-32-28(36)14-24(30(40-32)44-6)16-38-34(3,4)33(41)42/h7-14,38H,15-18,37H2,1-6H3,(H,41,42). The molecule has 0 amide bonds. The minimum absolute atomic E-state index is 0.193. The van der Waals surface area contributed by atoms with Gasteiger partial charge >= 0.3 is 5.97 Å². The van der Waals surface area contributed by atoms with Crippen LogP contribution in [-0.2, 0) is 31.1 Å². The minimum atomic E-state index is -1.14. The van der Waals surface area contributed by atoms with Crippen molar-refractivity contribution < 1.29 is 28.8 Å². The molecule has 0 saturated carbocycles. The molecular formula is C34H38Cl2N4O6. The summed E-state index contributed by atoms with van der Waals surface area (Å²) in [6.07, 6.45) is 0. The van der Waals surface area contributed by atoms with Gasteiger partial charge in [-0.25, -0.2) is 0 Å². The third-order valence-electron chi connectivity index (χ3n) is 7.74. The van der Waals surface area contributed by atoms with Crippen LogP contribution in [0.4, 0.5) is 0 Å². The van der Waals surface area contributed by atoms with E-state index in [1.807, 2.05) is 38.1 Å². The molecule has 0 fully saturated rings. The number of nitrogens with two attached hydrogens (primary N) is 1. The predicted molar refractivity (Wildman–Crippen MR) is 178 cm³/mol. The molecule has 4 rings (SSSR count). The summed E-state index contributed by atoms with van der Waals surface area (Å²) >= 11 is 12.9. The molecule has 0 unspecified atom stereocenters. The van der Waals surface area contributed by atoms with Crippen LogP contribution in [0.2, 0.25) is 10.0 Å². The fourth-order valence-corrected chi connectivity index (χ4v) is 5.22. The van der Waals surface area contributed by atoms with Crippen LogP contribution in [0.3, 0.4) is 0 Å². The first kappa shape index (κ1) is 34.8. The van der Waals surface area contributed by atoms with Crippen molar-refractivity contribution in [2.45, 2.75) is 59.5 Å². The Hall–Kier alpha value is -4.09. The molecule has 0 aliphatic rings. The summed E-state index contributed by atoms with van der Waals surface area (Å²) in [5.41, 5.74) is 12.0.